The maximum absolute atomic E-state index is 10.6. The molecule has 4 nitrogen and oxygen atoms in total. The monoisotopic (exact) mass is 512 g/mol. The molecule has 1 saturated heterocycles. The summed E-state index contributed by atoms with van der Waals surface area (Å²) in [4.78, 5) is 2.47. The quantitative estimate of drug-likeness (QED) is 0.460. The van der Waals surface area contributed by atoms with Crippen LogP contribution in [0.25, 0.3) is 0 Å². The topological polar surface area (TPSA) is 41.9 Å². The van der Waals surface area contributed by atoms with E-state index < -0.39 is 6.10 Å². The first-order valence-electron chi connectivity index (χ1n) is 8.10. The molecule has 7 heteroatoms. The molecule has 2 bridgehead atoms. The number of methoxy groups -OCH3 is 1. The maximum Gasteiger partial charge on any atom is 0.165 e. The molecular weight excluding hydrogens is 489 g/mol. The Morgan fingerprint density at radius 3 is 2.80 bits per heavy atom. The Bertz CT molecular complexity index is 703. The second-order valence-electron chi connectivity index (χ2n) is 7.11. The van der Waals surface area contributed by atoms with Crippen molar-refractivity contribution in [1.82, 2.24) is 4.90 Å². The van der Waals surface area contributed by atoms with Crippen molar-refractivity contribution < 1.29 is 69.5 Å². The second-order valence-corrected chi connectivity index (χ2v) is 7.11. The number of hydrogen-bond donors (Lipinski definition) is 1. The van der Waals surface area contributed by atoms with Gasteiger partial charge in [0.1, 0.15) is 12.2 Å². The van der Waals surface area contributed by atoms with Gasteiger partial charge in [0.05, 0.1) is 7.11 Å². The van der Waals surface area contributed by atoms with E-state index in [1.165, 1.54) is 11.1 Å². The molecule has 1 radical (unpaired) electrons. The molecule has 0 unspecified atom stereocenters. The molecule has 0 aromatic heterocycles. The Hall–Kier alpha value is 0.194. The summed E-state index contributed by atoms with van der Waals surface area (Å²) in [6.45, 7) is 1.05. The molecule has 2 aliphatic carbocycles. The van der Waals surface area contributed by atoms with Crippen molar-refractivity contribution in [2.75, 3.05) is 20.7 Å². The van der Waals surface area contributed by atoms with Crippen molar-refractivity contribution in [3.63, 3.8) is 0 Å². The van der Waals surface area contributed by atoms with Crippen molar-refractivity contribution in [1.29, 1.82) is 0 Å². The summed E-state index contributed by atoms with van der Waals surface area (Å²) in [6.07, 6.45) is 5.54. The predicted octanol–water partition coefficient (Wildman–Crippen LogP) is 1.49. The molecular formula is C18H21CoFeMoNO3. The molecule has 5 rings (SSSR count). The fraction of sp³-hybridized carbons (Fsp3) is 0.556. The normalized spacial score (nSPS) is 36.1. The molecule has 25 heavy (non-hydrogen) atoms. The van der Waals surface area contributed by atoms with Crippen LogP contribution in [-0.2, 0) is 66.7 Å². The number of nitrogens with zero attached hydrogens (tertiary/aromatic N) is 1. The molecule has 1 N–H and O–H groups in total. The van der Waals surface area contributed by atoms with Crippen LogP contribution in [0.4, 0.5) is 0 Å². The van der Waals surface area contributed by atoms with Crippen LogP contribution in [0, 0.1) is 5.92 Å². The largest absolute Gasteiger partial charge is 0.493 e. The number of benzene rings is 1. The summed E-state index contributed by atoms with van der Waals surface area (Å²) in [5.41, 5.74) is 2.60. The molecule has 2 heterocycles. The van der Waals surface area contributed by atoms with E-state index in [0.29, 0.717) is 12.0 Å². The van der Waals surface area contributed by atoms with Gasteiger partial charge in [0.25, 0.3) is 0 Å². The molecule has 0 saturated carbocycles. The standard InChI is InChI=1S/C18H21NO3.Co.Fe.Mo/c1-19-8-7-18-11-4-5-13(20)17(18)22-16-14(21-2)6-3-10(15(16)18)9-12(11)19;;;/h3-6,11-13,17,20H,7-9H2,1-2H3;;;/t11-,12+,13-,17-,18-;;;/m0.../s1. The first-order chi connectivity index (χ1) is 10.7. The van der Waals surface area contributed by atoms with Crippen molar-refractivity contribution in [3.8, 4) is 11.5 Å². The van der Waals surface area contributed by atoms with Gasteiger partial charge in [-0.25, -0.2) is 0 Å². The Labute approximate surface area is 183 Å². The van der Waals surface area contributed by atoms with Crippen LogP contribution in [0.15, 0.2) is 24.3 Å². The van der Waals surface area contributed by atoms with E-state index in [9.17, 15) is 5.11 Å². The van der Waals surface area contributed by atoms with Crippen LogP contribution >= 0.6 is 0 Å². The Morgan fingerprint density at radius 1 is 1.32 bits per heavy atom. The number of hydrogen-bond acceptors (Lipinski definition) is 4. The molecule has 2 aliphatic heterocycles. The summed E-state index contributed by atoms with van der Waals surface area (Å²) in [7, 11) is 3.91. The predicted molar refractivity (Wildman–Crippen MR) is 82.5 cm³/mol. The van der Waals surface area contributed by atoms with Crippen molar-refractivity contribution >= 4 is 0 Å². The van der Waals surface area contributed by atoms with Crippen LogP contribution in [0.2, 0.25) is 0 Å². The number of rotatable bonds is 1. The SMILES string of the molecule is COc1ccc2c3c1O[C@H]1[C@@H](O)C=C[C@H]4[C@@H](C2)N(C)CC[C@@]341.[Co].[Fe].[Mo]. The van der Waals surface area contributed by atoms with E-state index in [0.717, 1.165) is 30.9 Å². The van der Waals surface area contributed by atoms with Crippen LogP contribution in [0.1, 0.15) is 17.5 Å². The molecule has 5 atom stereocenters. The fourth-order valence-electron chi connectivity index (χ4n) is 5.39. The third-order valence-electron chi connectivity index (χ3n) is 6.35. The number of aliphatic hydroxyl groups excluding tert-OH is 1. The summed E-state index contributed by atoms with van der Waals surface area (Å²) >= 11 is 0. The summed E-state index contributed by atoms with van der Waals surface area (Å²) in [6, 6.07) is 4.70. The van der Waals surface area contributed by atoms with Crippen LogP contribution in [0.3, 0.4) is 0 Å². The van der Waals surface area contributed by atoms with Crippen molar-refractivity contribution in [2.24, 2.45) is 5.92 Å². The smallest absolute Gasteiger partial charge is 0.165 e. The summed E-state index contributed by atoms with van der Waals surface area (Å²) in [5, 5.41) is 10.6. The van der Waals surface area contributed by atoms with Crippen molar-refractivity contribution in [3.05, 3.63) is 35.4 Å². The third kappa shape index (κ3) is 2.56. The summed E-state index contributed by atoms with van der Waals surface area (Å²) < 4.78 is 11.8. The minimum Gasteiger partial charge on any atom is -0.493 e. The van der Waals surface area contributed by atoms with Crippen LogP contribution in [0.5, 0.6) is 11.5 Å². The van der Waals surface area contributed by atoms with Crippen LogP contribution in [-0.4, -0.2) is 49.0 Å². The zero-order valence-corrected chi connectivity index (χ0v) is 18.2. The van der Waals surface area contributed by atoms with Gasteiger partial charge in [-0.1, -0.05) is 18.2 Å². The molecule has 1 aromatic carbocycles. The third-order valence-corrected chi connectivity index (χ3v) is 6.35. The van der Waals surface area contributed by atoms with E-state index in [2.05, 4.69) is 24.1 Å². The van der Waals surface area contributed by atoms with Crippen molar-refractivity contribution in [2.45, 2.75) is 36.5 Å². The molecule has 4 aliphatic rings. The number of aliphatic hydroxyl groups is 1. The Morgan fingerprint density at radius 2 is 2.08 bits per heavy atom. The minimum absolute atomic E-state index is 0. The van der Waals surface area contributed by atoms with E-state index in [4.69, 9.17) is 9.47 Å². The fourth-order valence-corrected chi connectivity index (χ4v) is 5.39. The van der Waals surface area contributed by atoms with Gasteiger partial charge in [-0.15, -0.1) is 0 Å². The van der Waals surface area contributed by atoms with Gasteiger partial charge in [-0.05, 0) is 38.1 Å². The number of ether oxygens (including phenoxy) is 2. The average Bonchev–Trinajstić information content (AvgIpc) is 2.88. The Kier molecular flexibility index (Phi) is 6.29. The van der Waals surface area contributed by atoms with E-state index >= 15 is 0 Å². The van der Waals surface area contributed by atoms with E-state index in [1.807, 2.05) is 12.1 Å². The maximum atomic E-state index is 10.6. The summed E-state index contributed by atoms with van der Waals surface area (Å²) in [5.74, 6) is 2.09. The molecule has 0 amide bonds. The van der Waals surface area contributed by atoms with Gasteiger partial charge in [0.15, 0.2) is 11.5 Å². The molecule has 1 fully saturated rings. The van der Waals surface area contributed by atoms with Gasteiger partial charge in [0.2, 0.25) is 0 Å². The number of piperidine rings is 1. The van der Waals surface area contributed by atoms with E-state index in [1.54, 1.807) is 7.11 Å². The van der Waals surface area contributed by atoms with Gasteiger partial charge in [0, 0.05) is 77.9 Å². The van der Waals surface area contributed by atoms with Gasteiger partial charge in [-0.2, -0.15) is 0 Å². The van der Waals surface area contributed by atoms with Crippen LogP contribution < -0.4 is 9.47 Å². The number of likely N-dealkylation sites (N-methyl/N-ethyl adjacent to an activating group) is 1. The van der Waals surface area contributed by atoms with Gasteiger partial charge < -0.3 is 19.5 Å². The van der Waals surface area contributed by atoms with E-state index in [-0.39, 0.29) is 66.4 Å². The molecule has 139 valence electrons. The zero-order valence-electron chi connectivity index (χ0n) is 14.0. The Balaban J connectivity index is 0.000000751. The first kappa shape index (κ1) is 21.5. The zero-order chi connectivity index (χ0) is 15.1. The second kappa shape index (κ2) is 7.31. The minimum atomic E-state index is -0.539. The average molecular weight is 510 g/mol. The van der Waals surface area contributed by atoms with Gasteiger partial charge in [-0.3, -0.25) is 0 Å². The first-order valence-corrected chi connectivity index (χ1v) is 8.10. The molecule has 1 aromatic rings. The molecule has 1 spiro atoms. The number of likely N-dealkylation sites (tertiary alicyclic amines) is 1. The van der Waals surface area contributed by atoms with Gasteiger partial charge >= 0.3 is 0 Å².